The van der Waals surface area contributed by atoms with Crippen molar-refractivity contribution in [2.75, 3.05) is 0 Å². The summed E-state index contributed by atoms with van der Waals surface area (Å²) in [4.78, 5) is 4.43. The van der Waals surface area contributed by atoms with E-state index in [2.05, 4.69) is 10.1 Å². The monoisotopic (exact) mass is 311 g/mol. The minimum atomic E-state index is -0.446. The summed E-state index contributed by atoms with van der Waals surface area (Å²) in [5.74, 6) is 0. The van der Waals surface area contributed by atoms with Gasteiger partial charge in [0.1, 0.15) is 5.52 Å². The summed E-state index contributed by atoms with van der Waals surface area (Å²) >= 11 is 0. The first-order valence-corrected chi connectivity index (χ1v) is 7.62. The van der Waals surface area contributed by atoms with Crippen LogP contribution in [0.3, 0.4) is 0 Å². The first-order chi connectivity index (χ1) is 10.9. The summed E-state index contributed by atoms with van der Waals surface area (Å²) < 4.78 is 19.4. The molecule has 1 fully saturated rings. The van der Waals surface area contributed by atoms with Crippen molar-refractivity contribution in [1.82, 2.24) is 14.8 Å². The van der Waals surface area contributed by atoms with Gasteiger partial charge in [-0.3, -0.25) is 0 Å². The molecule has 0 unspecified atom stereocenters. The van der Waals surface area contributed by atoms with E-state index in [1.807, 2.05) is 58.2 Å². The molecule has 2 aromatic heterocycles. The van der Waals surface area contributed by atoms with Crippen molar-refractivity contribution in [2.24, 2.45) is 0 Å². The number of benzene rings is 1. The number of nitrogens with zero attached hydrogens (tertiary/aromatic N) is 3. The molecule has 0 radical (unpaired) electrons. The fourth-order valence-electron chi connectivity index (χ4n) is 2.50. The van der Waals surface area contributed by atoms with Gasteiger partial charge in [-0.05, 0) is 39.8 Å². The number of para-hydroxylation sites is 2. The molecule has 1 saturated heterocycles. The van der Waals surface area contributed by atoms with Gasteiger partial charge in [-0.25, -0.2) is 0 Å². The second-order valence-corrected chi connectivity index (χ2v) is 6.77. The average Bonchev–Trinajstić information content (AvgIpc) is 3.16. The SMILES string of the molecule is CC1(C)OB(c2cnn(-c3nc4ccccc4o3)c2)OC1(C)C. The first-order valence-electron chi connectivity index (χ1n) is 7.62. The van der Waals surface area contributed by atoms with Crippen LogP contribution < -0.4 is 5.46 Å². The normalized spacial score (nSPS) is 19.6. The van der Waals surface area contributed by atoms with E-state index < -0.39 is 7.12 Å². The molecule has 7 heteroatoms. The predicted octanol–water partition coefficient (Wildman–Crippen LogP) is 2.31. The van der Waals surface area contributed by atoms with Gasteiger partial charge in [-0.1, -0.05) is 12.1 Å². The second-order valence-electron chi connectivity index (χ2n) is 6.77. The lowest BCUT2D eigenvalue weighted by atomic mass is 9.82. The lowest BCUT2D eigenvalue weighted by Crippen LogP contribution is -2.41. The number of fused-ring (bicyclic) bond motifs is 1. The van der Waals surface area contributed by atoms with Crippen LogP contribution in [0.25, 0.3) is 17.1 Å². The van der Waals surface area contributed by atoms with Gasteiger partial charge < -0.3 is 13.7 Å². The molecule has 1 aromatic carbocycles. The molecule has 6 nitrogen and oxygen atoms in total. The maximum Gasteiger partial charge on any atom is 0.498 e. The Morgan fingerprint density at radius 1 is 1.04 bits per heavy atom. The summed E-state index contributed by atoms with van der Waals surface area (Å²) in [6.45, 7) is 8.10. The molecular weight excluding hydrogens is 293 g/mol. The molecule has 23 heavy (non-hydrogen) atoms. The smallest absolute Gasteiger partial charge is 0.422 e. The number of hydrogen-bond donors (Lipinski definition) is 0. The maximum atomic E-state index is 6.03. The lowest BCUT2D eigenvalue weighted by Gasteiger charge is -2.32. The van der Waals surface area contributed by atoms with E-state index in [0.717, 1.165) is 16.6 Å². The Bertz CT molecular complexity index is 819. The number of aromatic nitrogens is 3. The van der Waals surface area contributed by atoms with Crippen LogP contribution in [-0.2, 0) is 9.31 Å². The molecule has 4 rings (SSSR count). The third kappa shape index (κ3) is 2.27. The zero-order valence-electron chi connectivity index (χ0n) is 13.6. The van der Waals surface area contributed by atoms with Crippen molar-refractivity contribution in [1.29, 1.82) is 0 Å². The topological polar surface area (TPSA) is 62.3 Å². The van der Waals surface area contributed by atoms with Crippen LogP contribution in [0, 0.1) is 0 Å². The van der Waals surface area contributed by atoms with Crippen LogP contribution in [0.4, 0.5) is 0 Å². The minimum absolute atomic E-state index is 0.378. The fraction of sp³-hybridized carbons (Fsp3) is 0.375. The maximum absolute atomic E-state index is 6.03. The molecule has 0 bridgehead atoms. The molecule has 0 amide bonds. The third-order valence-corrected chi connectivity index (χ3v) is 4.61. The fourth-order valence-corrected chi connectivity index (χ4v) is 2.50. The largest absolute Gasteiger partial charge is 0.498 e. The Balaban J connectivity index is 1.65. The molecule has 0 aliphatic carbocycles. The predicted molar refractivity (Wildman–Crippen MR) is 86.8 cm³/mol. The van der Waals surface area contributed by atoms with Crippen molar-refractivity contribution in [3.8, 4) is 6.01 Å². The summed E-state index contributed by atoms with van der Waals surface area (Å²) in [5.41, 5.74) is 1.62. The Kier molecular flexibility index (Phi) is 2.95. The molecular formula is C16H18BN3O3. The molecule has 0 N–H and O–H groups in total. The molecule has 1 aliphatic heterocycles. The minimum Gasteiger partial charge on any atom is -0.422 e. The highest BCUT2D eigenvalue weighted by molar-refractivity contribution is 6.62. The molecule has 0 saturated carbocycles. The van der Waals surface area contributed by atoms with Crippen molar-refractivity contribution in [3.63, 3.8) is 0 Å². The Labute approximate surface area is 134 Å². The highest BCUT2D eigenvalue weighted by atomic mass is 16.7. The van der Waals surface area contributed by atoms with Crippen LogP contribution in [-0.4, -0.2) is 33.1 Å². The molecule has 0 spiro atoms. The van der Waals surface area contributed by atoms with Crippen LogP contribution in [0.1, 0.15) is 27.7 Å². The van der Waals surface area contributed by atoms with Crippen molar-refractivity contribution in [3.05, 3.63) is 36.7 Å². The Morgan fingerprint density at radius 2 is 1.74 bits per heavy atom. The van der Waals surface area contributed by atoms with Gasteiger partial charge in [0.05, 0.1) is 11.2 Å². The highest BCUT2D eigenvalue weighted by Gasteiger charge is 2.52. The van der Waals surface area contributed by atoms with Crippen molar-refractivity contribution >= 4 is 23.7 Å². The molecule has 118 valence electrons. The van der Waals surface area contributed by atoms with Crippen LogP contribution in [0.2, 0.25) is 0 Å². The van der Waals surface area contributed by atoms with E-state index in [1.165, 1.54) is 0 Å². The van der Waals surface area contributed by atoms with Crippen molar-refractivity contribution < 1.29 is 13.7 Å². The van der Waals surface area contributed by atoms with Gasteiger partial charge in [0.2, 0.25) is 0 Å². The standard InChI is InChI=1S/C16H18BN3O3/c1-15(2)16(3,4)23-17(22-15)11-9-18-20(10-11)14-19-12-7-5-6-8-13(12)21-14/h5-10H,1-4H3. The number of hydrogen-bond acceptors (Lipinski definition) is 5. The van der Waals surface area contributed by atoms with E-state index in [0.29, 0.717) is 6.01 Å². The molecule has 3 heterocycles. The lowest BCUT2D eigenvalue weighted by molar-refractivity contribution is 0.00578. The van der Waals surface area contributed by atoms with E-state index in [4.69, 9.17) is 13.7 Å². The molecule has 1 aliphatic rings. The first kappa shape index (κ1) is 14.5. The van der Waals surface area contributed by atoms with Gasteiger partial charge in [-0.15, -0.1) is 0 Å². The summed E-state index contributed by atoms with van der Waals surface area (Å²) in [6.07, 6.45) is 3.55. The Hall–Kier alpha value is -2.12. The van der Waals surface area contributed by atoms with Crippen molar-refractivity contribution in [2.45, 2.75) is 38.9 Å². The summed E-state index contributed by atoms with van der Waals surface area (Å²) in [6, 6.07) is 8.05. The van der Waals surface area contributed by atoms with Gasteiger partial charge in [0.25, 0.3) is 0 Å². The van der Waals surface area contributed by atoms with E-state index >= 15 is 0 Å². The van der Waals surface area contributed by atoms with E-state index in [-0.39, 0.29) is 11.2 Å². The second kappa shape index (κ2) is 4.69. The summed E-state index contributed by atoms with van der Waals surface area (Å²) in [7, 11) is -0.446. The number of oxazole rings is 1. The van der Waals surface area contributed by atoms with Gasteiger partial charge in [0.15, 0.2) is 5.58 Å². The third-order valence-electron chi connectivity index (χ3n) is 4.61. The number of rotatable bonds is 2. The van der Waals surface area contributed by atoms with E-state index in [1.54, 1.807) is 10.9 Å². The highest BCUT2D eigenvalue weighted by Crippen LogP contribution is 2.36. The van der Waals surface area contributed by atoms with E-state index in [9.17, 15) is 0 Å². The zero-order valence-corrected chi connectivity index (χ0v) is 13.6. The van der Waals surface area contributed by atoms with Crippen LogP contribution >= 0.6 is 0 Å². The van der Waals surface area contributed by atoms with Gasteiger partial charge in [0, 0.05) is 17.9 Å². The van der Waals surface area contributed by atoms with Crippen LogP contribution in [0.5, 0.6) is 0 Å². The van der Waals surface area contributed by atoms with Gasteiger partial charge in [-0.2, -0.15) is 14.8 Å². The molecule has 0 atom stereocenters. The Morgan fingerprint density at radius 3 is 2.43 bits per heavy atom. The quantitative estimate of drug-likeness (QED) is 0.680. The van der Waals surface area contributed by atoms with Crippen LogP contribution in [0.15, 0.2) is 41.1 Å². The van der Waals surface area contributed by atoms with Gasteiger partial charge >= 0.3 is 13.1 Å². The molecule has 3 aromatic rings. The summed E-state index contributed by atoms with van der Waals surface area (Å²) in [5, 5.41) is 4.32. The average molecular weight is 311 g/mol. The zero-order chi connectivity index (χ0) is 16.2.